The average molecular weight is 468 g/mol. The molecule has 1 aliphatic carbocycles. The fourth-order valence-electron chi connectivity index (χ4n) is 3.24. The Bertz CT molecular complexity index is 1100. The number of nitrogens with one attached hydrogen (secondary N) is 1. The van der Waals surface area contributed by atoms with Gasteiger partial charge < -0.3 is 9.67 Å². The summed E-state index contributed by atoms with van der Waals surface area (Å²) >= 11 is 8.87. The van der Waals surface area contributed by atoms with Crippen LogP contribution in [0.5, 0.6) is 0 Å². The number of aliphatic hydroxyl groups is 1. The summed E-state index contributed by atoms with van der Waals surface area (Å²) in [4.78, 5) is 0. The third kappa shape index (κ3) is 2.56. The zero-order valence-electron chi connectivity index (χ0n) is 13.2. The lowest BCUT2D eigenvalue weighted by molar-refractivity contribution is 0.225. The number of fused-ring (bicyclic) bond motifs is 2. The van der Waals surface area contributed by atoms with Gasteiger partial charge in [-0.25, -0.2) is 5.01 Å². The predicted molar refractivity (Wildman–Crippen MR) is 104 cm³/mol. The number of aliphatic hydroxyl groups excluding tert-OH is 1. The zero-order chi connectivity index (χ0) is 17.1. The number of hydrogen-bond acceptors (Lipinski definition) is 4. The molecule has 1 fully saturated rings. The minimum atomic E-state index is -0.998. The van der Waals surface area contributed by atoms with Crippen LogP contribution >= 0.6 is 34.2 Å². The van der Waals surface area contributed by atoms with E-state index in [2.05, 4.69) is 43.6 Å². The molecule has 128 valence electrons. The lowest BCUT2D eigenvalue weighted by Crippen LogP contribution is -2.46. The Morgan fingerprint density at radius 2 is 2.20 bits per heavy atom. The molecule has 0 amide bonds. The van der Waals surface area contributed by atoms with E-state index in [-0.39, 0.29) is 0 Å². The van der Waals surface area contributed by atoms with Gasteiger partial charge in [-0.1, -0.05) is 11.6 Å². The molecule has 1 atom stereocenters. The van der Waals surface area contributed by atoms with E-state index in [1.807, 2.05) is 24.4 Å². The van der Waals surface area contributed by atoms with Crippen LogP contribution in [0.2, 0.25) is 0 Å². The van der Waals surface area contributed by atoms with Crippen LogP contribution in [0, 0.1) is 9.49 Å². The van der Waals surface area contributed by atoms with E-state index in [4.69, 9.17) is 16.7 Å². The van der Waals surface area contributed by atoms with Gasteiger partial charge in [0.15, 0.2) is 6.23 Å². The van der Waals surface area contributed by atoms with Crippen LogP contribution in [0.1, 0.15) is 12.8 Å². The first-order valence-corrected chi connectivity index (χ1v) is 9.61. The van der Waals surface area contributed by atoms with Crippen molar-refractivity contribution in [3.8, 4) is 0 Å². The van der Waals surface area contributed by atoms with Crippen molar-refractivity contribution in [2.75, 3.05) is 5.01 Å². The van der Waals surface area contributed by atoms with Crippen molar-refractivity contribution in [1.29, 1.82) is 0 Å². The minimum Gasteiger partial charge on any atom is -0.367 e. The van der Waals surface area contributed by atoms with Crippen LogP contribution in [0.3, 0.4) is 0 Å². The molecule has 0 radical (unpaired) electrons. The number of rotatable bonds is 3. The van der Waals surface area contributed by atoms with Crippen molar-refractivity contribution in [3.63, 3.8) is 0 Å². The summed E-state index contributed by atoms with van der Waals surface area (Å²) in [6, 6.07) is 5.73. The number of aromatic nitrogens is 3. The maximum Gasteiger partial charge on any atom is 0.186 e. The molecule has 1 unspecified atom stereocenters. The van der Waals surface area contributed by atoms with E-state index < -0.39 is 6.23 Å². The van der Waals surface area contributed by atoms with Gasteiger partial charge in [-0.3, -0.25) is 5.10 Å². The van der Waals surface area contributed by atoms with Gasteiger partial charge in [-0.2, -0.15) is 10.2 Å². The first-order valence-electron chi connectivity index (χ1n) is 8.15. The number of benzene rings is 1. The maximum absolute atomic E-state index is 10.8. The molecule has 1 aromatic carbocycles. The molecule has 0 bridgehead atoms. The first kappa shape index (κ1) is 15.7. The number of hydrogen-bond donors (Lipinski definition) is 2. The molecule has 2 aliphatic rings. The quantitative estimate of drug-likeness (QED) is 0.580. The van der Waals surface area contributed by atoms with Gasteiger partial charge in [0.2, 0.25) is 0 Å². The van der Waals surface area contributed by atoms with Crippen molar-refractivity contribution < 1.29 is 5.11 Å². The molecule has 0 spiro atoms. The third-order valence-corrected chi connectivity index (χ3v) is 5.90. The highest BCUT2D eigenvalue weighted by Crippen LogP contribution is 2.31. The molecule has 2 aromatic heterocycles. The number of H-pyrrole nitrogens is 1. The van der Waals surface area contributed by atoms with Gasteiger partial charge in [-0.15, -0.1) is 0 Å². The fraction of sp³-hybridized carbons (Fsp3) is 0.294. The lowest BCUT2D eigenvalue weighted by atomic mass is 10.2. The topological polar surface area (TPSA) is 69.4 Å². The van der Waals surface area contributed by atoms with Crippen molar-refractivity contribution in [1.82, 2.24) is 14.8 Å². The van der Waals surface area contributed by atoms with Crippen LogP contribution < -0.4 is 15.7 Å². The number of halogens is 2. The van der Waals surface area contributed by atoms with Gasteiger partial charge in [0.05, 0.1) is 25.2 Å². The van der Waals surface area contributed by atoms with Crippen molar-refractivity contribution in [2.24, 2.45) is 11.0 Å². The zero-order valence-corrected chi connectivity index (χ0v) is 16.1. The Labute approximate surface area is 161 Å². The third-order valence-electron chi connectivity index (χ3n) is 4.73. The lowest BCUT2D eigenvalue weighted by Gasteiger charge is -2.27. The van der Waals surface area contributed by atoms with Gasteiger partial charge in [0.1, 0.15) is 5.36 Å². The molecule has 2 N–H and O–H groups in total. The summed E-state index contributed by atoms with van der Waals surface area (Å²) in [6.45, 7) is 0.935. The highest BCUT2D eigenvalue weighted by molar-refractivity contribution is 14.1. The SMILES string of the molecule is OC1C(Cl)=c2c(c(I)cn2CC2CC2)=NN1c1ccc2n[nH]cc2c1. The summed E-state index contributed by atoms with van der Waals surface area (Å²) in [5.74, 6) is 0.718. The summed E-state index contributed by atoms with van der Waals surface area (Å²) in [5, 5.41) is 27.1. The van der Waals surface area contributed by atoms with E-state index >= 15 is 0 Å². The Morgan fingerprint density at radius 1 is 1.36 bits per heavy atom. The Morgan fingerprint density at radius 3 is 3.00 bits per heavy atom. The summed E-state index contributed by atoms with van der Waals surface area (Å²) in [5.41, 5.74) is 1.65. The second kappa shape index (κ2) is 5.72. The average Bonchev–Trinajstić information content (AvgIpc) is 3.19. The normalized spacial score (nSPS) is 20.0. The highest BCUT2D eigenvalue weighted by Gasteiger charge is 2.29. The monoisotopic (exact) mass is 467 g/mol. The molecule has 8 heteroatoms. The van der Waals surface area contributed by atoms with Crippen LogP contribution in [-0.2, 0) is 6.54 Å². The van der Waals surface area contributed by atoms with Gasteiger partial charge >= 0.3 is 0 Å². The molecular formula is C17H15ClIN5O. The van der Waals surface area contributed by atoms with Crippen LogP contribution in [-0.4, -0.2) is 26.1 Å². The summed E-state index contributed by atoms with van der Waals surface area (Å²) in [6.07, 6.45) is 5.42. The predicted octanol–water partition coefficient (Wildman–Crippen LogP) is 2.10. The summed E-state index contributed by atoms with van der Waals surface area (Å²) < 4.78 is 3.17. The van der Waals surface area contributed by atoms with Crippen LogP contribution in [0.15, 0.2) is 35.7 Å². The van der Waals surface area contributed by atoms with E-state index in [1.54, 1.807) is 5.01 Å². The number of anilines is 1. The Kier molecular flexibility index (Phi) is 3.58. The molecule has 0 saturated heterocycles. The van der Waals surface area contributed by atoms with E-state index in [0.717, 1.165) is 43.3 Å². The first-order chi connectivity index (χ1) is 12.1. The second-order valence-electron chi connectivity index (χ2n) is 6.56. The Balaban J connectivity index is 1.66. The largest absolute Gasteiger partial charge is 0.367 e. The van der Waals surface area contributed by atoms with E-state index in [0.29, 0.717) is 5.03 Å². The number of nitrogens with zero attached hydrogens (tertiary/aromatic N) is 4. The van der Waals surface area contributed by atoms with E-state index in [1.165, 1.54) is 12.8 Å². The summed E-state index contributed by atoms with van der Waals surface area (Å²) in [7, 11) is 0. The van der Waals surface area contributed by atoms with Crippen LogP contribution in [0.4, 0.5) is 5.69 Å². The van der Waals surface area contributed by atoms with Crippen molar-refractivity contribution >= 4 is 55.8 Å². The Hall–Kier alpha value is -1.58. The van der Waals surface area contributed by atoms with Gasteiger partial charge in [-0.05, 0) is 59.5 Å². The molecule has 3 heterocycles. The highest BCUT2D eigenvalue weighted by atomic mass is 127. The molecule has 3 aromatic rings. The van der Waals surface area contributed by atoms with Crippen molar-refractivity contribution in [2.45, 2.75) is 25.6 Å². The van der Waals surface area contributed by atoms with Crippen LogP contribution in [0.25, 0.3) is 15.9 Å². The smallest absolute Gasteiger partial charge is 0.186 e. The maximum atomic E-state index is 10.8. The molecule has 6 nitrogen and oxygen atoms in total. The fourth-order valence-corrected chi connectivity index (χ4v) is 4.23. The molecular weight excluding hydrogens is 453 g/mol. The minimum absolute atomic E-state index is 0.417. The van der Waals surface area contributed by atoms with Gasteiger partial charge in [0, 0.05) is 24.3 Å². The van der Waals surface area contributed by atoms with Crippen molar-refractivity contribution in [3.05, 3.63) is 44.9 Å². The van der Waals surface area contributed by atoms with E-state index in [9.17, 15) is 5.11 Å². The molecule has 25 heavy (non-hydrogen) atoms. The molecule has 1 saturated carbocycles. The standard InChI is InChI=1S/C17H15ClIN5O/c18-14-16-15(12(19)8-23(16)7-9-1-2-9)22-24(17(14)25)11-3-4-13-10(5-11)6-20-21-13/h3-6,8-9,17,25H,1-2,7H2,(H,20,21). The number of aromatic amines is 1. The van der Waals surface area contributed by atoms with Gasteiger partial charge in [0.25, 0.3) is 0 Å². The molecule has 5 rings (SSSR count). The second-order valence-corrected chi connectivity index (χ2v) is 8.13. The molecule has 1 aliphatic heterocycles.